The number of nitriles is 1. The molecule has 0 spiro atoms. The number of nitrogens with two attached hydrogens (primary N) is 1. The Morgan fingerprint density at radius 3 is 2.42 bits per heavy atom. The Kier molecular flexibility index (Phi) is 6.51. The average Bonchev–Trinajstić information content (AvgIpc) is 3.19. The van der Waals surface area contributed by atoms with Gasteiger partial charge in [-0.05, 0) is 72.3 Å². The summed E-state index contributed by atoms with van der Waals surface area (Å²) in [6.45, 7) is 1.71. The number of rotatable bonds is 5. The molecule has 0 unspecified atom stereocenters. The molecule has 1 fully saturated rings. The number of anilines is 2. The molecule has 36 heavy (non-hydrogen) atoms. The standard InChI is InChI=1S/C26H23F3N6S/c27-26(28,29)18-4-8-24(32-15-18)33-19-9-11-35(12-10-19)36-20-5-1-16(2-6-20)17-3-7-23-21(13-17)22(14-30)25(31)34-23/h1-8,13,15,19,34H,9-12,31H2,(H,32,33). The van der Waals surface area contributed by atoms with E-state index in [0.717, 1.165) is 65.1 Å². The molecule has 2 aromatic heterocycles. The number of benzene rings is 2. The molecule has 4 N–H and O–H groups in total. The minimum atomic E-state index is -4.38. The number of aromatic amines is 1. The summed E-state index contributed by atoms with van der Waals surface area (Å²) in [6.07, 6.45) is -1.77. The van der Waals surface area contributed by atoms with Crippen LogP contribution >= 0.6 is 11.9 Å². The van der Waals surface area contributed by atoms with Crippen LogP contribution in [-0.4, -0.2) is 33.4 Å². The van der Waals surface area contributed by atoms with E-state index < -0.39 is 11.7 Å². The third-order valence-corrected chi connectivity index (χ3v) is 7.36. The number of hydrogen-bond donors (Lipinski definition) is 3. The smallest absolute Gasteiger partial charge is 0.384 e. The Hall–Kier alpha value is -3.68. The van der Waals surface area contributed by atoms with Crippen molar-refractivity contribution in [1.29, 1.82) is 5.26 Å². The van der Waals surface area contributed by atoms with Gasteiger partial charge in [-0.1, -0.05) is 18.2 Å². The predicted octanol–water partition coefficient (Wildman–Crippen LogP) is 6.29. The van der Waals surface area contributed by atoms with E-state index in [9.17, 15) is 18.4 Å². The Bertz CT molecular complexity index is 1400. The first-order valence-corrected chi connectivity index (χ1v) is 12.2. The molecule has 5 rings (SSSR count). The van der Waals surface area contributed by atoms with Gasteiger partial charge >= 0.3 is 6.18 Å². The normalized spacial score (nSPS) is 15.2. The maximum atomic E-state index is 12.7. The topological polar surface area (TPSA) is 93.8 Å². The van der Waals surface area contributed by atoms with Crippen molar-refractivity contribution >= 4 is 34.5 Å². The van der Waals surface area contributed by atoms with Gasteiger partial charge in [-0.15, -0.1) is 0 Å². The Balaban J connectivity index is 1.16. The number of halogens is 3. The van der Waals surface area contributed by atoms with Crippen LogP contribution in [0, 0.1) is 11.3 Å². The molecule has 3 heterocycles. The van der Waals surface area contributed by atoms with Crippen molar-refractivity contribution in [3.05, 3.63) is 71.9 Å². The molecule has 0 radical (unpaired) electrons. The van der Waals surface area contributed by atoms with E-state index in [0.29, 0.717) is 17.2 Å². The number of pyridine rings is 1. The Labute approximate surface area is 210 Å². The van der Waals surface area contributed by atoms with Gasteiger partial charge in [0.15, 0.2) is 0 Å². The van der Waals surface area contributed by atoms with Gasteiger partial charge in [-0.2, -0.15) is 18.4 Å². The number of alkyl halides is 3. The molecule has 184 valence electrons. The second-order valence-corrected chi connectivity index (χ2v) is 9.85. The fourth-order valence-electron chi connectivity index (χ4n) is 4.32. The van der Waals surface area contributed by atoms with Crippen LogP contribution in [0.25, 0.3) is 22.0 Å². The van der Waals surface area contributed by atoms with Crippen molar-refractivity contribution in [1.82, 2.24) is 14.3 Å². The van der Waals surface area contributed by atoms with Gasteiger partial charge in [0.25, 0.3) is 0 Å². The van der Waals surface area contributed by atoms with E-state index in [-0.39, 0.29) is 6.04 Å². The molecule has 1 aliphatic heterocycles. The highest BCUT2D eigenvalue weighted by Crippen LogP contribution is 2.33. The number of aromatic nitrogens is 2. The molecule has 6 nitrogen and oxygen atoms in total. The highest BCUT2D eigenvalue weighted by molar-refractivity contribution is 7.97. The zero-order valence-corrected chi connectivity index (χ0v) is 20.0. The first-order valence-electron chi connectivity index (χ1n) is 11.4. The zero-order chi connectivity index (χ0) is 25.3. The highest BCUT2D eigenvalue weighted by Gasteiger charge is 2.30. The van der Waals surface area contributed by atoms with Crippen LogP contribution in [0.5, 0.6) is 0 Å². The molecule has 1 aliphatic rings. The van der Waals surface area contributed by atoms with Crippen LogP contribution in [0.2, 0.25) is 0 Å². The molecular weight excluding hydrogens is 485 g/mol. The molecule has 4 aromatic rings. The van der Waals surface area contributed by atoms with Crippen molar-refractivity contribution in [2.75, 3.05) is 24.1 Å². The highest BCUT2D eigenvalue weighted by atomic mass is 32.2. The summed E-state index contributed by atoms with van der Waals surface area (Å²) in [5, 5.41) is 13.4. The van der Waals surface area contributed by atoms with Crippen LogP contribution in [0.1, 0.15) is 24.0 Å². The maximum Gasteiger partial charge on any atom is 0.417 e. The predicted molar refractivity (Wildman–Crippen MR) is 136 cm³/mol. The van der Waals surface area contributed by atoms with Crippen LogP contribution in [-0.2, 0) is 6.18 Å². The fourth-order valence-corrected chi connectivity index (χ4v) is 5.27. The lowest BCUT2D eigenvalue weighted by molar-refractivity contribution is -0.137. The molecule has 0 saturated carbocycles. The fraction of sp³-hybridized carbons (Fsp3) is 0.231. The zero-order valence-electron chi connectivity index (χ0n) is 19.1. The molecule has 0 aliphatic carbocycles. The first-order chi connectivity index (χ1) is 17.3. The second-order valence-electron chi connectivity index (χ2n) is 8.68. The van der Waals surface area contributed by atoms with Crippen molar-refractivity contribution in [3.63, 3.8) is 0 Å². The number of nitrogens with zero attached hydrogens (tertiary/aromatic N) is 3. The maximum absolute atomic E-state index is 12.7. The second kappa shape index (κ2) is 9.76. The van der Waals surface area contributed by atoms with Crippen LogP contribution in [0.15, 0.2) is 65.7 Å². The van der Waals surface area contributed by atoms with Crippen molar-refractivity contribution in [2.24, 2.45) is 0 Å². The molecule has 0 atom stereocenters. The largest absolute Gasteiger partial charge is 0.417 e. The number of fused-ring (bicyclic) bond motifs is 1. The van der Waals surface area contributed by atoms with Gasteiger partial charge < -0.3 is 16.0 Å². The molecule has 2 aromatic carbocycles. The first kappa shape index (κ1) is 24.0. The number of nitrogens with one attached hydrogen (secondary N) is 2. The molecule has 10 heteroatoms. The summed E-state index contributed by atoms with van der Waals surface area (Å²) in [6, 6.07) is 19.0. The number of H-pyrrole nitrogens is 1. The summed E-state index contributed by atoms with van der Waals surface area (Å²) in [4.78, 5) is 8.07. The lowest BCUT2D eigenvalue weighted by atomic mass is 10.0. The van der Waals surface area contributed by atoms with E-state index >= 15 is 0 Å². The Morgan fingerprint density at radius 1 is 1.06 bits per heavy atom. The van der Waals surface area contributed by atoms with E-state index in [2.05, 4.69) is 49.9 Å². The lowest BCUT2D eigenvalue weighted by Gasteiger charge is -2.31. The minimum absolute atomic E-state index is 0.171. The van der Waals surface area contributed by atoms with Crippen LogP contribution in [0.4, 0.5) is 24.8 Å². The van der Waals surface area contributed by atoms with Crippen molar-refractivity contribution < 1.29 is 13.2 Å². The van der Waals surface area contributed by atoms with Gasteiger partial charge in [0.1, 0.15) is 23.3 Å². The molecular formula is C26H23F3N6S. The average molecular weight is 509 g/mol. The quantitative estimate of drug-likeness (QED) is 0.275. The van der Waals surface area contributed by atoms with Crippen molar-refractivity contribution in [3.8, 4) is 17.2 Å². The summed E-state index contributed by atoms with van der Waals surface area (Å²) < 4.78 is 40.4. The third kappa shape index (κ3) is 5.12. The van der Waals surface area contributed by atoms with E-state index in [1.54, 1.807) is 11.9 Å². The van der Waals surface area contributed by atoms with Gasteiger partial charge in [0.2, 0.25) is 0 Å². The Morgan fingerprint density at radius 2 is 1.78 bits per heavy atom. The van der Waals surface area contributed by atoms with E-state index in [1.165, 1.54) is 6.07 Å². The number of piperidine rings is 1. The lowest BCUT2D eigenvalue weighted by Crippen LogP contribution is -2.35. The summed E-state index contributed by atoms with van der Waals surface area (Å²) in [5.74, 6) is 0.845. The summed E-state index contributed by atoms with van der Waals surface area (Å²) in [5.41, 5.74) is 8.52. The van der Waals surface area contributed by atoms with Gasteiger partial charge in [0, 0.05) is 41.1 Å². The molecule has 1 saturated heterocycles. The number of hydrogen-bond acceptors (Lipinski definition) is 6. The third-order valence-electron chi connectivity index (χ3n) is 6.26. The van der Waals surface area contributed by atoms with Crippen LogP contribution in [0.3, 0.4) is 0 Å². The van der Waals surface area contributed by atoms with Crippen molar-refractivity contribution in [2.45, 2.75) is 30.0 Å². The minimum Gasteiger partial charge on any atom is -0.384 e. The molecule has 0 bridgehead atoms. The molecule has 0 amide bonds. The van der Waals surface area contributed by atoms with Gasteiger partial charge in [-0.25, -0.2) is 9.29 Å². The SMILES string of the molecule is N#Cc1c(N)[nH]c2ccc(-c3ccc(SN4CCC(Nc5ccc(C(F)(F)F)cn5)CC4)cc3)cc12. The van der Waals surface area contributed by atoms with Gasteiger partial charge in [0.05, 0.1) is 5.56 Å². The monoisotopic (exact) mass is 508 g/mol. The summed E-state index contributed by atoms with van der Waals surface area (Å²) >= 11 is 1.69. The summed E-state index contributed by atoms with van der Waals surface area (Å²) in [7, 11) is 0. The number of nitrogen functional groups attached to an aromatic ring is 1. The van der Waals surface area contributed by atoms with Gasteiger partial charge in [-0.3, -0.25) is 0 Å². The van der Waals surface area contributed by atoms with E-state index in [4.69, 9.17) is 5.73 Å². The van der Waals surface area contributed by atoms with Crippen LogP contribution < -0.4 is 11.1 Å². The van der Waals surface area contributed by atoms with E-state index in [1.807, 2.05) is 18.2 Å².